The molecule has 18 heavy (non-hydrogen) atoms. The van der Waals surface area contributed by atoms with Gasteiger partial charge in [0.25, 0.3) is 6.43 Å². The first-order chi connectivity index (χ1) is 8.43. The van der Waals surface area contributed by atoms with Crippen molar-refractivity contribution in [2.24, 2.45) is 0 Å². The Bertz CT molecular complexity index is 412. The number of hydrogen-bond acceptors (Lipinski definition) is 6. The lowest BCUT2D eigenvalue weighted by molar-refractivity contribution is 0.122. The Kier molecular flexibility index (Phi) is 5.45. The van der Waals surface area contributed by atoms with Crippen LogP contribution in [0.3, 0.4) is 0 Å². The lowest BCUT2D eigenvalue weighted by atomic mass is 10.3. The van der Waals surface area contributed by atoms with Crippen LogP contribution < -0.4 is 5.32 Å². The summed E-state index contributed by atoms with van der Waals surface area (Å²) >= 11 is 1.09. The van der Waals surface area contributed by atoms with E-state index in [2.05, 4.69) is 10.3 Å². The number of anilines is 1. The lowest BCUT2D eigenvalue weighted by Crippen LogP contribution is -2.16. The van der Waals surface area contributed by atoms with Gasteiger partial charge in [0.05, 0.1) is 4.88 Å². The van der Waals surface area contributed by atoms with E-state index in [1.807, 2.05) is 0 Å². The van der Waals surface area contributed by atoms with Gasteiger partial charge < -0.3 is 20.3 Å². The van der Waals surface area contributed by atoms with Crippen molar-refractivity contribution in [3.8, 4) is 0 Å². The number of ether oxygens (including phenoxy) is 1. The van der Waals surface area contributed by atoms with Crippen LogP contribution in [0.4, 0.5) is 13.9 Å². The summed E-state index contributed by atoms with van der Waals surface area (Å²) in [4.78, 5) is 4.29. The number of allylic oxidation sites excluding steroid dienone is 1. The monoisotopic (exact) mass is 280 g/mol. The van der Waals surface area contributed by atoms with E-state index in [1.165, 1.54) is 13.3 Å². The highest BCUT2D eigenvalue weighted by atomic mass is 32.1. The predicted octanol–water partition coefficient (Wildman–Crippen LogP) is 2.29. The molecule has 0 saturated carbocycles. The second-order valence-corrected chi connectivity index (χ2v) is 4.49. The lowest BCUT2D eigenvalue weighted by Gasteiger charge is -2.09. The Morgan fingerprint density at radius 3 is 2.83 bits per heavy atom. The highest BCUT2D eigenvalue weighted by Crippen LogP contribution is 2.26. The maximum absolute atomic E-state index is 12.1. The molecule has 1 rings (SSSR count). The number of nitrogens with one attached hydrogen (secondary N) is 1. The van der Waals surface area contributed by atoms with Gasteiger partial charge in [-0.15, -0.1) is 0 Å². The average Bonchev–Trinajstić information content (AvgIpc) is 2.77. The zero-order valence-corrected chi connectivity index (χ0v) is 10.6. The average molecular weight is 280 g/mol. The Morgan fingerprint density at radius 2 is 2.28 bits per heavy atom. The fraction of sp³-hybridized carbons (Fsp3) is 0.500. The minimum Gasteiger partial charge on any atom is -0.507 e. The molecule has 3 N–H and O–H groups in total. The molecule has 102 valence electrons. The van der Waals surface area contributed by atoms with Gasteiger partial charge in [-0.3, -0.25) is 0 Å². The van der Waals surface area contributed by atoms with E-state index >= 15 is 0 Å². The van der Waals surface area contributed by atoms with Crippen molar-refractivity contribution < 1.29 is 23.7 Å². The molecule has 1 heterocycles. The summed E-state index contributed by atoms with van der Waals surface area (Å²) in [5.74, 6) is -1.16. The molecule has 8 heteroatoms. The van der Waals surface area contributed by atoms with Crippen LogP contribution in [0.5, 0.6) is 0 Å². The molecule has 0 aliphatic carbocycles. The van der Waals surface area contributed by atoms with Crippen LogP contribution in [0, 0.1) is 0 Å². The highest BCUT2D eigenvalue weighted by molar-refractivity contribution is 7.15. The maximum Gasteiger partial charge on any atom is 0.294 e. The van der Waals surface area contributed by atoms with Gasteiger partial charge in [-0.1, -0.05) is 11.3 Å². The van der Waals surface area contributed by atoms with Crippen molar-refractivity contribution >= 4 is 16.5 Å². The zero-order valence-electron chi connectivity index (χ0n) is 9.80. The third kappa shape index (κ3) is 4.21. The highest BCUT2D eigenvalue weighted by Gasteiger charge is 2.15. The number of aliphatic hydroxyl groups excluding tert-OH is 2. The van der Waals surface area contributed by atoms with Gasteiger partial charge in [-0.25, -0.2) is 13.8 Å². The normalized spacial score (nSPS) is 15.8. The smallest absolute Gasteiger partial charge is 0.294 e. The molecular formula is C10H14F2N2O3S. The molecular weight excluding hydrogens is 266 g/mol. The zero-order chi connectivity index (χ0) is 13.7. The number of halogens is 2. The molecule has 0 amide bonds. The van der Waals surface area contributed by atoms with E-state index in [0.717, 1.165) is 11.3 Å². The predicted molar refractivity (Wildman–Crippen MR) is 63.9 cm³/mol. The molecule has 0 aromatic carbocycles. The third-order valence-electron chi connectivity index (χ3n) is 2.05. The number of methoxy groups -OCH3 is 1. The molecule has 0 aliphatic rings. The first kappa shape index (κ1) is 14.8. The van der Waals surface area contributed by atoms with Crippen molar-refractivity contribution in [3.63, 3.8) is 0 Å². The van der Waals surface area contributed by atoms with Crippen LogP contribution >= 0.6 is 11.3 Å². The number of aromatic nitrogens is 1. The summed E-state index contributed by atoms with van der Waals surface area (Å²) in [6.07, 6.45) is -2.55. The molecule has 0 aliphatic heterocycles. The maximum atomic E-state index is 12.1. The summed E-state index contributed by atoms with van der Waals surface area (Å²) in [5.41, 5.74) is 0. The second kappa shape index (κ2) is 6.62. The van der Waals surface area contributed by atoms with Crippen LogP contribution in [0.15, 0.2) is 18.0 Å². The molecule has 0 bridgehead atoms. The van der Waals surface area contributed by atoms with Gasteiger partial charge in [0.15, 0.2) is 10.9 Å². The van der Waals surface area contributed by atoms with Gasteiger partial charge in [0.1, 0.15) is 12.3 Å². The SMILES string of the molecule is COC(C)Nc1ncc(C(O)/C=C(\O)C(F)F)s1. The summed E-state index contributed by atoms with van der Waals surface area (Å²) in [6, 6.07) is 0. The minimum absolute atomic E-state index is 0.258. The fourth-order valence-corrected chi connectivity index (χ4v) is 1.89. The van der Waals surface area contributed by atoms with E-state index in [9.17, 15) is 13.9 Å². The van der Waals surface area contributed by atoms with Crippen molar-refractivity contribution in [2.45, 2.75) is 25.7 Å². The van der Waals surface area contributed by atoms with E-state index in [1.54, 1.807) is 6.92 Å². The van der Waals surface area contributed by atoms with Gasteiger partial charge in [-0.05, 0) is 13.0 Å². The first-order valence-electron chi connectivity index (χ1n) is 5.06. The quantitative estimate of drug-likeness (QED) is 0.550. The Labute approximate surface area is 107 Å². The molecule has 2 unspecified atom stereocenters. The van der Waals surface area contributed by atoms with Gasteiger partial charge >= 0.3 is 0 Å². The molecule has 0 radical (unpaired) electrons. The van der Waals surface area contributed by atoms with Crippen LogP contribution in [-0.2, 0) is 4.74 Å². The third-order valence-corrected chi connectivity index (χ3v) is 3.05. The largest absolute Gasteiger partial charge is 0.507 e. The molecule has 2 atom stereocenters. The van der Waals surface area contributed by atoms with E-state index in [-0.39, 0.29) is 6.23 Å². The van der Waals surface area contributed by atoms with Crippen LogP contribution in [0.1, 0.15) is 17.9 Å². The first-order valence-corrected chi connectivity index (χ1v) is 5.87. The number of hydrogen-bond donors (Lipinski definition) is 3. The molecule has 1 aromatic rings. The molecule has 0 spiro atoms. The Morgan fingerprint density at radius 1 is 1.61 bits per heavy atom. The Hall–Kier alpha value is -1.25. The molecule has 0 fully saturated rings. The summed E-state index contributed by atoms with van der Waals surface area (Å²) < 4.78 is 29.1. The van der Waals surface area contributed by atoms with Crippen molar-refractivity contribution in [2.75, 3.05) is 12.4 Å². The van der Waals surface area contributed by atoms with Gasteiger partial charge in [0, 0.05) is 13.3 Å². The number of nitrogens with zero attached hydrogens (tertiary/aromatic N) is 1. The van der Waals surface area contributed by atoms with Crippen LogP contribution in [-0.4, -0.2) is 35.0 Å². The Balaban J connectivity index is 2.70. The molecule has 0 saturated heterocycles. The van der Waals surface area contributed by atoms with Crippen LogP contribution in [0.2, 0.25) is 0 Å². The molecule has 5 nitrogen and oxygen atoms in total. The second-order valence-electron chi connectivity index (χ2n) is 3.43. The van der Waals surface area contributed by atoms with Gasteiger partial charge in [0.2, 0.25) is 0 Å². The topological polar surface area (TPSA) is 74.6 Å². The number of thiazole rings is 1. The molecule has 1 aromatic heterocycles. The van der Waals surface area contributed by atoms with Crippen molar-refractivity contribution in [1.29, 1.82) is 0 Å². The number of rotatable bonds is 6. The van der Waals surface area contributed by atoms with Gasteiger partial charge in [-0.2, -0.15) is 0 Å². The number of aliphatic hydroxyl groups is 2. The summed E-state index contributed by atoms with van der Waals surface area (Å²) in [7, 11) is 1.52. The standard InChI is InChI=1S/C10H14F2N2O3S/c1-5(17-2)14-10-13-4-8(18-10)6(15)3-7(16)9(11)12/h3-6,9,15-16H,1-2H3,(H,13,14)/b7-3-. The van der Waals surface area contributed by atoms with Crippen molar-refractivity contribution in [1.82, 2.24) is 4.98 Å². The van der Waals surface area contributed by atoms with E-state index in [4.69, 9.17) is 9.84 Å². The minimum atomic E-state index is -3.00. The van der Waals surface area contributed by atoms with Crippen molar-refractivity contribution in [3.05, 3.63) is 22.9 Å². The van der Waals surface area contributed by atoms with E-state index < -0.39 is 18.3 Å². The summed E-state index contributed by atoms with van der Waals surface area (Å²) in [6.45, 7) is 1.76. The summed E-state index contributed by atoms with van der Waals surface area (Å²) in [5, 5.41) is 21.8. The number of alkyl halides is 2. The van der Waals surface area contributed by atoms with Crippen LogP contribution in [0.25, 0.3) is 0 Å². The van der Waals surface area contributed by atoms with E-state index in [0.29, 0.717) is 16.1 Å². The fourth-order valence-electron chi connectivity index (χ4n) is 1.04.